The van der Waals surface area contributed by atoms with Crippen molar-refractivity contribution < 1.29 is 25.8 Å². The lowest BCUT2D eigenvalue weighted by molar-refractivity contribution is -0.141. The van der Waals surface area contributed by atoms with Crippen LogP contribution in [0, 0.1) is 6.92 Å². The van der Waals surface area contributed by atoms with Crippen molar-refractivity contribution in [2.24, 2.45) is 3.77 Å². The summed E-state index contributed by atoms with van der Waals surface area (Å²) in [6, 6.07) is 7.77. The average Bonchev–Trinajstić information content (AvgIpc) is 2.53. The topological polar surface area (TPSA) is 76.5 Å². The molecule has 0 aliphatic heterocycles. The number of halogens is 3. The Hall–Kier alpha value is -1.94. The molecule has 2 aromatic rings. The second-order valence-electron chi connectivity index (χ2n) is 5.84. The van der Waals surface area contributed by atoms with Crippen LogP contribution in [0.2, 0.25) is 0 Å². The highest BCUT2D eigenvalue weighted by molar-refractivity contribution is 8.03. The molecule has 0 spiro atoms. The molecule has 0 amide bonds. The van der Waals surface area contributed by atoms with Crippen LogP contribution in [0.15, 0.2) is 51.3 Å². The zero-order valence-corrected chi connectivity index (χ0v) is 15.8. The smallest absolute Gasteiger partial charge is 0.251 e. The first-order valence-electron chi connectivity index (χ1n) is 7.40. The summed E-state index contributed by atoms with van der Waals surface area (Å²) >= 11 is 0. The van der Waals surface area contributed by atoms with Gasteiger partial charge in [0.05, 0.1) is 19.9 Å². The molecule has 0 bridgehead atoms. The van der Waals surface area contributed by atoms with E-state index in [1.807, 2.05) is 0 Å². The second-order valence-corrected chi connectivity index (χ2v) is 10.3. The predicted molar refractivity (Wildman–Crippen MR) is 92.5 cm³/mol. The van der Waals surface area contributed by atoms with E-state index in [9.17, 15) is 25.8 Å². The zero-order chi connectivity index (χ0) is 19.8. The normalized spacial score (nSPS) is 15.9. The van der Waals surface area contributed by atoms with E-state index in [-0.39, 0.29) is 10.5 Å². The van der Waals surface area contributed by atoms with Gasteiger partial charge in [0, 0.05) is 12.5 Å². The van der Waals surface area contributed by atoms with Gasteiger partial charge < -0.3 is 0 Å². The molecular formula is C16H17F3N2O3S2. The van der Waals surface area contributed by atoms with Crippen LogP contribution < -0.4 is 0 Å². The largest absolute Gasteiger partial charge is 0.433 e. The Bertz CT molecular complexity index is 1010. The molecule has 0 N–H and O–H groups in total. The van der Waals surface area contributed by atoms with Gasteiger partial charge in [-0.05, 0) is 37.6 Å². The number of sulfonamides is 1. The Labute approximate surface area is 150 Å². The molecule has 0 saturated heterocycles. The van der Waals surface area contributed by atoms with Crippen molar-refractivity contribution in [3.05, 3.63) is 59.4 Å². The minimum absolute atomic E-state index is 0.101. The SMILES string of the molecule is Cc1ccc(S(=O)(=O)N=S(C)(=O)C(C)c2ccc(C(F)(F)F)nc2)cc1. The van der Waals surface area contributed by atoms with Crippen molar-refractivity contribution in [1.82, 2.24) is 4.98 Å². The minimum atomic E-state index is -4.59. The maximum Gasteiger partial charge on any atom is 0.433 e. The minimum Gasteiger partial charge on any atom is -0.251 e. The summed E-state index contributed by atoms with van der Waals surface area (Å²) in [5.74, 6) is 0. The number of pyridine rings is 1. The average molecular weight is 406 g/mol. The molecule has 1 aromatic carbocycles. The van der Waals surface area contributed by atoms with Gasteiger partial charge >= 0.3 is 6.18 Å². The quantitative estimate of drug-likeness (QED) is 0.770. The fourth-order valence-electron chi connectivity index (χ4n) is 2.08. The number of benzene rings is 1. The number of hydrogen-bond acceptors (Lipinski definition) is 4. The van der Waals surface area contributed by atoms with Crippen molar-refractivity contribution in [2.45, 2.75) is 30.2 Å². The van der Waals surface area contributed by atoms with E-state index in [0.29, 0.717) is 0 Å². The number of aryl methyl sites for hydroxylation is 1. The first-order valence-corrected chi connectivity index (χ1v) is 10.8. The van der Waals surface area contributed by atoms with Crippen LogP contribution in [-0.2, 0) is 25.9 Å². The van der Waals surface area contributed by atoms with Gasteiger partial charge in [-0.3, -0.25) is 4.98 Å². The third kappa shape index (κ3) is 4.61. The van der Waals surface area contributed by atoms with Crippen LogP contribution in [0.1, 0.15) is 29.0 Å². The lowest BCUT2D eigenvalue weighted by atomic mass is 10.2. The summed E-state index contributed by atoms with van der Waals surface area (Å²) in [5, 5.41) is -0.933. The van der Waals surface area contributed by atoms with Gasteiger partial charge in [-0.2, -0.15) is 21.6 Å². The van der Waals surface area contributed by atoms with Crippen LogP contribution in [0.5, 0.6) is 0 Å². The summed E-state index contributed by atoms with van der Waals surface area (Å²) in [4.78, 5) is 3.21. The summed E-state index contributed by atoms with van der Waals surface area (Å²) < 4.78 is 78.8. The van der Waals surface area contributed by atoms with Gasteiger partial charge in [-0.25, -0.2) is 4.21 Å². The molecule has 0 aliphatic rings. The Morgan fingerprint density at radius 3 is 2.08 bits per heavy atom. The summed E-state index contributed by atoms with van der Waals surface area (Å²) in [6.45, 7) is 3.22. The van der Waals surface area contributed by atoms with E-state index in [1.165, 1.54) is 19.1 Å². The predicted octanol–water partition coefficient (Wildman–Crippen LogP) is 3.96. The summed E-state index contributed by atoms with van der Waals surface area (Å²) in [5.41, 5.74) is -0.0287. The lowest BCUT2D eigenvalue weighted by Crippen LogP contribution is -2.13. The molecule has 0 saturated carbocycles. The molecule has 5 nitrogen and oxygen atoms in total. The van der Waals surface area contributed by atoms with Gasteiger partial charge in [0.2, 0.25) is 0 Å². The third-order valence-corrected chi connectivity index (χ3v) is 8.19. The molecule has 1 heterocycles. The van der Waals surface area contributed by atoms with Gasteiger partial charge in [0.25, 0.3) is 10.0 Å². The van der Waals surface area contributed by atoms with Crippen LogP contribution in [0.3, 0.4) is 0 Å². The fourth-order valence-corrected chi connectivity index (χ4v) is 5.62. The molecular weight excluding hydrogens is 389 g/mol. The Kier molecular flexibility index (Phi) is 5.48. The molecule has 2 atom stereocenters. The number of alkyl halides is 3. The monoisotopic (exact) mass is 406 g/mol. The van der Waals surface area contributed by atoms with E-state index in [4.69, 9.17) is 0 Å². The second kappa shape index (κ2) is 6.99. The van der Waals surface area contributed by atoms with Crippen LogP contribution in [0.4, 0.5) is 13.2 Å². The molecule has 1 aromatic heterocycles. The van der Waals surface area contributed by atoms with Gasteiger partial charge in [0.1, 0.15) is 5.69 Å². The maximum atomic E-state index is 12.8. The van der Waals surface area contributed by atoms with E-state index in [2.05, 4.69) is 8.75 Å². The highest BCUT2D eigenvalue weighted by Crippen LogP contribution is 2.30. The summed E-state index contributed by atoms with van der Waals surface area (Å²) in [6.07, 6.45) is -2.50. The first kappa shape index (κ1) is 20.4. The molecule has 26 heavy (non-hydrogen) atoms. The van der Waals surface area contributed by atoms with E-state index >= 15 is 0 Å². The Balaban J connectivity index is 2.40. The van der Waals surface area contributed by atoms with Crippen molar-refractivity contribution in [1.29, 1.82) is 0 Å². The van der Waals surface area contributed by atoms with Crippen molar-refractivity contribution in [3.63, 3.8) is 0 Å². The molecule has 2 rings (SSSR count). The van der Waals surface area contributed by atoms with E-state index < -0.39 is 36.9 Å². The zero-order valence-electron chi connectivity index (χ0n) is 14.2. The molecule has 10 heteroatoms. The number of rotatable bonds is 4. The van der Waals surface area contributed by atoms with E-state index in [0.717, 1.165) is 30.1 Å². The lowest BCUT2D eigenvalue weighted by Gasteiger charge is -2.15. The standard InChI is InChI=1S/C16H17F3N2O3S2/c1-11-4-7-14(8-5-11)26(23,24)21-25(3,22)12(2)13-6-9-15(20-10-13)16(17,18)19/h4-10,12H,1-3H3. The van der Waals surface area contributed by atoms with Gasteiger partial charge in [-0.1, -0.05) is 23.8 Å². The maximum absolute atomic E-state index is 12.8. The molecule has 2 unspecified atom stereocenters. The molecule has 0 fully saturated rings. The number of aromatic nitrogens is 1. The fraction of sp³-hybridized carbons (Fsp3) is 0.312. The Morgan fingerprint density at radius 2 is 1.62 bits per heavy atom. The van der Waals surface area contributed by atoms with Crippen LogP contribution in [0.25, 0.3) is 0 Å². The number of hydrogen-bond donors (Lipinski definition) is 0. The highest BCUT2D eigenvalue weighted by atomic mass is 32.3. The Morgan fingerprint density at radius 1 is 1.04 bits per heavy atom. The number of nitrogens with zero attached hydrogens (tertiary/aromatic N) is 2. The molecule has 0 aliphatic carbocycles. The van der Waals surface area contributed by atoms with Crippen molar-refractivity contribution in [3.8, 4) is 0 Å². The van der Waals surface area contributed by atoms with E-state index in [1.54, 1.807) is 19.1 Å². The van der Waals surface area contributed by atoms with Crippen LogP contribution >= 0.6 is 0 Å². The highest BCUT2D eigenvalue weighted by Gasteiger charge is 2.32. The van der Waals surface area contributed by atoms with Gasteiger partial charge in [-0.15, -0.1) is 3.77 Å². The summed E-state index contributed by atoms with van der Waals surface area (Å²) in [7, 11) is -7.48. The molecule has 142 valence electrons. The van der Waals surface area contributed by atoms with Crippen LogP contribution in [-0.4, -0.2) is 23.9 Å². The first-order chi connectivity index (χ1) is 11.8. The molecule has 0 radical (unpaired) electrons. The van der Waals surface area contributed by atoms with Crippen molar-refractivity contribution in [2.75, 3.05) is 6.26 Å². The van der Waals surface area contributed by atoms with Crippen molar-refractivity contribution >= 4 is 19.8 Å². The van der Waals surface area contributed by atoms with Gasteiger partial charge in [0.15, 0.2) is 0 Å². The third-order valence-electron chi connectivity index (χ3n) is 3.77.